The van der Waals surface area contributed by atoms with Crippen LogP contribution in [0.3, 0.4) is 0 Å². The van der Waals surface area contributed by atoms with Crippen LogP contribution >= 0.6 is 0 Å². The average Bonchev–Trinajstić information content (AvgIpc) is 3.33. The largest absolute Gasteiger partial charge is 0.356 e. The molecule has 126 valence electrons. The van der Waals surface area contributed by atoms with Gasteiger partial charge in [0.25, 0.3) is 0 Å². The van der Waals surface area contributed by atoms with E-state index in [1.54, 1.807) is 22.9 Å². The molecule has 1 amide bonds. The summed E-state index contributed by atoms with van der Waals surface area (Å²) in [7, 11) is 0. The Balaban J connectivity index is 1.45. The summed E-state index contributed by atoms with van der Waals surface area (Å²) >= 11 is 0. The molecular weight excluding hydrogens is 314 g/mol. The predicted molar refractivity (Wildman–Crippen MR) is 85.5 cm³/mol. The highest BCUT2D eigenvalue weighted by atomic mass is 19.1. The summed E-state index contributed by atoms with van der Waals surface area (Å²) in [6, 6.07) is 8.42. The molecule has 1 aliphatic rings. The summed E-state index contributed by atoms with van der Waals surface area (Å²) < 4.78 is 28.2. The lowest BCUT2D eigenvalue weighted by molar-refractivity contribution is -0.122. The summed E-state index contributed by atoms with van der Waals surface area (Å²) in [5.41, 5.74) is 0.324. The number of amides is 1. The fourth-order valence-corrected chi connectivity index (χ4v) is 2.87. The van der Waals surface area contributed by atoms with E-state index in [1.165, 1.54) is 18.2 Å². The van der Waals surface area contributed by atoms with Crippen LogP contribution in [0, 0.1) is 17.6 Å². The van der Waals surface area contributed by atoms with Crippen molar-refractivity contribution in [1.29, 1.82) is 0 Å². The van der Waals surface area contributed by atoms with Crippen LogP contribution in [0.25, 0.3) is 0 Å². The second-order valence-corrected chi connectivity index (χ2v) is 5.99. The van der Waals surface area contributed by atoms with E-state index in [1.807, 2.05) is 0 Å². The Morgan fingerprint density at radius 1 is 1.25 bits per heavy atom. The second-order valence-electron chi connectivity index (χ2n) is 5.99. The molecule has 0 aliphatic heterocycles. The molecule has 0 saturated heterocycles. The van der Waals surface area contributed by atoms with Gasteiger partial charge in [0, 0.05) is 37.3 Å². The topological polar surface area (TPSA) is 51.1 Å². The Labute approximate surface area is 138 Å². The zero-order valence-corrected chi connectivity index (χ0v) is 13.0. The molecule has 1 saturated carbocycles. The number of halogens is 2. The Morgan fingerprint density at radius 3 is 2.83 bits per heavy atom. The van der Waals surface area contributed by atoms with Crippen molar-refractivity contribution in [1.82, 2.24) is 9.88 Å². The van der Waals surface area contributed by atoms with E-state index in [0.29, 0.717) is 31.5 Å². The highest BCUT2D eigenvalue weighted by molar-refractivity contribution is 5.82. The molecule has 4 nitrogen and oxygen atoms in total. The molecule has 2 atom stereocenters. The molecule has 1 aromatic heterocycles. The standard InChI is InChI=1S/C18H18F2N2O2/c19-12-5-6-13(16(20)10-12)14-11-15(14)18(24)21-7-3-9-22-8-2-1-4-17(22)23/h1-2,4-6,8,10,14-15H,3,7,9,11H2,(H,21,24)/t14-,15-/m1/s1. The number of rotatable bonds is 6. The molecule has 0 bridgehead atoms. The smallest absolute Gasteiger partial charge is 0.250 e. The van der Waals surface area contributed by atoms with Gasteiger partial charge in [-0.15, -0.1) is 0 Å². The van der Waals surface area contributed by atoms with Crippen LogP contribution in [0.1, 0.15) is 24.3 Å². The van der Waals surface area contributed by atoms with E-state index < -0.39 is 11.6 Å². The lowest BCUT2D eigenvalue weighted by Gasteiger charge is -2.07. The number of benzene rings is 1. The van der Waals surface area contributed by atoms with E-state index in [-0.39, 0.29) is 23.3 Å². The van der Waals surface area contributed by atoms with Crippen molar-refractivity contribution < 1.29 is 13.6 Å². The van der Waals surface area contributed by atoms with Gasteiger partial charge in [0.2, 0.25) is 11.5 Å². The van der Waals surface area contributed by atoms with Crippen molar-refractivity contribution in [2.24, 2.45) is 5.92 Å². The maximum Gasteiger partial charge on any atom is 0.250 e. The fourth-order valence-electron chi connectivity index (χ4n) is 2.87. The molecule has 0 spiro atoms. The number of nitrogens with zero attached hydrogens (tertiary/aromatic N) is 1. The lowest BCUT2D eigenvalue weighted by atomic mass is 10.1. The van der Waals surface area contributed by atoms with Gasteiger partial charge in [-0.2, -0.15) is 0 Å². The zero-order valence-electron chi connectivity index (χ0n) is 13.0. The third kappa shape index (κ3) is 3.69. The van der Waals surface area contributed by atoms with Crippen LogP contribution in [0.15, 0.2) is 47.4 Å². The van der Waals surface area contributed by atoms with Gasteiger partial charge < -0.3 is 9.88 Å². The molecule has 1 heterocycles. The van der Waals surface area contributed by atoms with Crippen molar-refractivity contribution in [2.45, 2.75) is 25.3 Å². The van der Waals surface area contributed by atoms with Gasteiger partial charge in [-0.25, -0.2) is 8.78 Å². The first-order valence-corrected chi connectivity index (χ1v) is 7.94. The maximum atomic E-state index is 13.7. The third-order valence-electron chi connectivity index (χ3n) is 4.26. The molecule has 3 rings (SSSR count). The number of nitrogens with one attached hydrogen (secondary N) is 1. The summed E-state index contributed by atoms with van der Waals surface area (Å²) in [6.45, 7) is 0.982. The SMILES string of the molecule is O=C(NCCCn1ccccc1=O)[C@@H]1C[C@@H]1c1ccc(F)cc1F. The third-order valence-corrected chi connectivity index (χ3v) is 4.26. The Hall–Kier alpha value is -2.50. The molecule has 1 aliphatic carbocycles. The number of carbonyl (C=O) groups excluding carboxylic acids is 1. The van der Waals surface area contributed by atoms with Crippen LogP contribution in [-0.2, 0) is 11.3 Å². The van der Waals surface area contributed by atoms with E-state index in [0.717, 1.165) is 6.07 Å². The van der Waals surface area contributed by atoms with Crippen LogP contribution in [0.5, 0.6) is 0 Å². The van der Waals surface area contributed by atoms with Crippen molar-refractivity contribution in [3.63, 3.8) is 0 Å². The Bertz CT molecular complexity index is 804. The highest BCUT2D eigenvalue weighted by Crippen LogP contribution is 2.48. The van der Waals surface area contributed by atoms with Gasteiger partial charge in [0.1, 0.15) is 11.6 Å². The van der Waals surface area contributed by atoms with E-state index >= 15 is 0 Å². The molecule has 1 fully saturated rings. The first-order valence-electron chi connectivity index (χ1n) is 7.94. The predicted octanol–water partition coefficient (Wildman–Crippen LogP) is 2.44. The minimum absolute atomic E-state index is 0.0714. The fraction of sp³-hybridized carbons (Fsp3) is 0.333. The lowest BCUT2D eigenvalue weighted by Crippen LogP contribution is -2.28. The van der Waals surface area contributed by atoms with Crippen molar-refractivity contribution >= 4 is 5.91 Å². The van der Waals surface area contributed by atoms with Crippen LogP contribution in [-0.4, -0.2) is 17.0 Å². The Kier molecular flexibility index (Phi) is 4.74. The summed E-state index contributed by atoms with van der Waals surface area (Å²) in [6.07, 6.45) is 2.92. The van der Waals surface area contributed by atoms with Crippen molar-refractivity contribution in [3.05, 3.63) is 70.1 Å². The number of aromatic nitrogens is 1. The summed E-state index contributed by atoms with van der Waals surface area (Å²) in [5.74, 6) is -1.77. The van der Waals surface area contributed by atoms with Crippen molar-refractivity contribution in [3.8, 4) is 0 Å². The van der Waals surface area contributed by atoms with Gasteiger partial charge in [-0.05, 0) is 36.5 Å². The van der Waals surface area contributed by atoms with E-state index in [9.17, 15) is 18.4 Å². The molecule has 0 unspecified atom stereocenters. The molecule has 1 aromatic carbocycles. The molecule has 1 N–H and O–H groups in total. The van der Waals surface area contributed by atoms with Gasteiger partial charge in [-0.3, -0.25) is 9.59 Å². The number of aryl methyl sites for hydroxylation is 1. The van der Waals surface area contributed by atoms with Gasteiger partial charge in [0.05, 0.1) is 0 Å². The van der Waals surface area contributed by atoms with Crippen molar-refractivity contribution in [2.75, 3.05) is 6.54 Å². The molecule has 0 radical (unpaired) electrons. The molecule has 6 heteroatoms. The van der Waals surface area contributed by atoms with E-state index in [4.69, 9.17) is 0 Å². The number of pyridine rings is 1. The van der Waals surface area contributed by atoms with Crippen LogP contribution in [0.2, 0.25) is 0 Å². The minimum Gasteiger partial charge on any atom is -0.356 e. The maximum absolute atomic E-state index is 13.7. The zero-order chi connectivity index (χ0) is 17.1. The first-order chi connectivity index (χ1) is 11.6. The number of hydrogen-bond donors (Lipinski definition) is 1. The number of hydrogen-bond acceptors (Lipinski definition) is 2. The molecular formula is C18H18F2N2O2. The number of carbonyl (C=O) groups is 1. The van der Waals surface area contributed by atoms with Gasteiger partial charge >= 0.3 is 0 Å². The van der Waals surface area contributed by atoms with Gasteiger partial charge in [-0.1, -0.05) is 12.1 Å². The molecule has 2 aromatic rings. The Morgan fingerprint density at radius 2 is 2.08 bits per heavy atom. The van der Waals surface area contributed by atoms with Crippen LogP contribution < -0.4 is 10.9 Å². The van der Waals surface area contributed by atoms with Gasteiger partial charge in [0.15, 0.2) is 0 Å². The highest BCUT2D eigenvalue weighted by Gasteiger charge is 2.45. The summed E-state index contributed by atoms with van der Waals surface area (Å²) in [5, 5.41) is 2.81. The van der Waals surface area contributed by atoms with E-state index in [2.05, 4.69) is 5.32 Å². The first kappa shape index (κ1) is 16.4. The summed E-state index contributed by atoms with van der Waals surface area (Å²) in [4.78, 5) is 23.6. The van der Waals surface area contributed by atoms with Crippen LogP contribution in [0.4, 0.5) is 8.78 Å². The monoisotopic (exact) mass is 332 g/mol. The normalized spacial score (nSPS) is 19.1. The quantitative estimate of drug-likeness (QED) is 0.826. The average molecular weight is 332 g/mol. The second kappa shape index (κ2) is 6.95. The molecule has 24 heavy (non-hydrogen) atoms. The minimum atomic E-state index is -0.617.